The Morgan fingerprint density at radius 2 is 1.87 bits per heavy atom. The van der Waals surface area contributed by atoms with Gasteiger partial charge < -0.3 is 5.32 Å². The molecule has 1 unspecified atom stereocenters. The summed E-state index contributed by atoms with van der Waals surface area (Å²) in [5.74, 6) is 0.186. The Labute approximate surface area is 186 Å². The molecule has 1 fully saturated rings. The first-order chi connectivity index (χ1) is 14.8. The largest absolute Gasteiger partial charge is 0.309 e. The molecule has 4 rings (SSSR count). The van der Waals surface area contributed by atoms with Crippen molar-refractivity contribution in [1.29, 1.82) is 0 Å². The monoisotopic (exact) mass is 458 g/mol. The third-order valence-electron chi connectivity index (χ3n) is 5.26. The number of carbonyl (C=O) groups excluding carboxylic acids is 1. The van der Waals surface area contributed by atoms with Gasteiger partial charge in [-0.25, -0.2) is 13.1 Å². The van der Waals surface area contributed by atoms with E-state index >= 15 is 0 Å². The molecule has 0 spiro atoms. The summed E-state index contributed by atoms with van der Waals surface area (Å²) in [7, 11) is -3.80. The number of aromatic nitrogens is 2. The fourth-order valence-corrected chi connectivity index (χ4v) is 5.55. The van der Waals surface area contributed by atoms with E-state index in [0.717, 1.165) is 11.3 Å². The van der Waals surface area contributed by atoms with Gasteiger partial charge in [-0.15, -0.1) is 0 Å². The van der Waals surface area contributed by atoms with Crippen molar-refractivity contribution in [2.45, 2.75) is 37.2 Å². The van der Waals surface area contributed by atoms with Crippen LogP contribution in [0.25, 0.3) is 0 Å². The highest BCUT2D eigenvalue weighted by molar-refractivity contribution is 7.89. The fraction of sp³-hybridized carbons (Fsp3) is 0.273. The molecular weight excluding hydrogens is 436 g/mol. The molecule has 0 bridgehead atoms. The summed E-state index contributed by atoms with van der Waals surface area (Å²) in [6, 6.07) is 16.8. The van der Waals surface area contributed by atoms with Crippen LogP contribution in [-0.4, -0.2) is 41.0 Å². The average molecular weight is 459 g/mol. The van der Waals surface area contributed by atoms with Crippen molar-refractivity contribution in [3.63, 3.8) is 0 Å². The Kier molecular flexibility index (Phi) is 6.13. The normalized spacial score (nSPS) is 17.0. The van der Waals surface area contributed by atoms with E-state index in [2.05, 4.69) is 10.4 Å². The molecule has 7 nitrogen and oxygen atoms in total. The molecule has 1 saturated heterocycles. The Morgan fingerprint density at radius 1 is 1.16 bits per heavy atom. The molecule has 1 aromatic heterocycles. The van der Waals surface area contributed by atoms with E-state index in [9.17, 15) is 13.2 Å². The molecule has 1 aliphatic rings. The predicted molar refractivity (Wildman–Crippen MR) is 120 cm³/mol. The van der Waals surface area contributed by atoms with Crippen molar-refractivity contribution in [2.75, 3.05) is 11.9 Å². The topological polar surface area (TPSA) is 84.3 Å². The van der Waals surface area contributed by atoms with Crippen molar-refractivity contribution in [2.24, 2.45) is 0 Å². The number of sulfonamides is 1. The molecule has 2 aromatic carbocycles. The summed E-state index contributed by atoms with van der Waals surface area (Å²) in [6.45, 7) is 2.65. The number of hydrogen-bond acceptors (Lipinski definition) is 4. The van der Waals surface area contributed by atoms with Crippen molar-refractivity contribution in [1.82, 2.24) is 14.1 Å². The average Bonchev–Trinajstić information content (AvgIpc) is 3.37. The van der Waals surface area contributed by atoms with Crippen LogP contribution in [0.2, 0.25) is 5.02 Å². The standard InChI is InChI=1S/C22H23ClN4O3S/c1-16-14-21(26(25-16)15-17-6-3-2-4-7-17)24-22(28)20-8-5-13-27(20)31(29,30)19-11-9-18(23)10-12-19/h2-4,6-7,9-12,14,20H,5,8,13,15H2,1H3,(H,24,28). The van der Waals surface area contributed by atoms with Crippen LogP contribution in [-0.2, 0) is 21.4 Å². The van der Waals surface area contributed by atoms with Gasteiger partial charge in [-0.2, -0.15) is 9.40 Å². The third kappa shape index (κ3) is 4.66. The van der Waals surface area contributed by atoms with Crippen LogP contribution < -0.4 is 5.32 Å². The second kappa shape index (κ2) is 8.82. The number of hydrogen-bond donors (Lipinski definition) is 1. The molecule has 1 aliphatic heterocycles. The number of aryl methyl sites for hydroxylation is 1. The minimum atomic E-state index is -3.80. The zero-order valence-corrected chi connectivity index (χ0v) is 18.6. The van der Waals surface area contributed by atoms with E-state index in [1.807, 2.05) is 37.3 Å². The summed E-state index contributed by atoms with van der Waals surface area (Å²) in [5, 5.41) is 7.81. The first kappa shape index (κ1) is 21.5. The van der Waals surface area contributed by atoms with E-state index < -0.39 is 16.1 Å². The SMILES string of the molecule is Cc1cc(NC(=O)C2CCCN2S(=O)(=O)c2ccc(Cl)cc2)n(Cc2ccccc2)n1. The Hall–Kier alpha value is -2.68. The minimum absolute atomic E-state index is 0.126. The van der Waals surface area contributed by atoms with Gasteiger partial charge in [0.1, 0.15) is 11.9 Å². The summed E-state index contributed by atoms with van der Waals surface area (Å²) in [4.78, 5) is 13.2. The van der Waals surface area contributed by atoms with Gasteiger partial charge in [0.05, 0.1) is 17.1 Å². The van der Waals surface area contributed by atoms with Crippen LogP contribution >= 0.6 is 11.6 Å². The molecule has 1 amide bonds. The number of benzene rings is 2. The van der Waals surface area contributed by atoms with Gasteiger partial charge in [-0.1, -0.05) is 41.9 Å². The molecule has 2 heterocycles. The van der Waals surface area contributed by atoms with Crippen LogP contribution in [0.5, 0.6) is 0 Å². The lowest BCUT2D eigenvalue weighted by Crippen LogP contribution is -2.43. The van der Waals surface area contributed by atoms with E-state index in [4.69, 9.17) is 11.6 Å². The fourth-order valence-electron chi connectivity index (χ4n) is 3.76. The molecule has 3 aromatic rings. The highest BCUT2D eigenvalue weighted by Crippen LogP contribution is 2.28. The number of rotatable bonds is 6. The summed E-state index contributed by atoms with van der Waals surface area (Å²) in [5.41, 5.74) is 1.82. The van der Waals surface area contributed by atoms with Gasteiger partial charge in [-0.05, 0) is 49.6 Å². The van der Waals surface area contributed by atoms with Gasteiger partial charge >= 0.3 is 0 Å². The van der Waals surface area contributed by atoms with Gasteiger partial charge in [0.15, 0.2) is 0 Å². The van der Waals surface area contributed by atoms with Crippen LogP contribution in [0.4, 0.5) is 5.82 Å². The lowest BCUT2D eigenvalue weighted by molar-refractivity contribution is -0.119. The quantitative estimate of drug-likeness (QED) is 0.610. The van der Waals surface area contributed by atoms with Crippen molar-refractivity contribution in [3.8, 4) is 0 Å². The molecule has 1 N–H and O–H groups in total. The van der Waals surface area contributed by atoms with Gasteiger partial charge in [-0.3, -0.25) is 4.79 Å². The maximum atomic E-state index is 13.1. The summed E-state index contributed by atoms with van der Waals surface area (Å²) >= 11 is 5.88. The van der Waals surface area contributed by atoms with Crippen molar-refractivity contribution < 1.29 is 13.2 Å². The number of anilines is 1. The zero-order chi connectivity index (χ0) is 22.0. The van der Waals surface area contributed by atoms with Gasteiger partial charge in [0.25, 0.3) is 0 Å². The van der Waals surface area contributed by atoms with E-state index in [1.165, 1.54) is 28.6 Å². The first-order valence-electron chi connectivity index (χ1n) is 10.0. The van der Waals surface area contributed by atoms with Crippen LogP contribution in [0.15, 0.2) is 65.6 Å². The van der Waals surface area contributed by atoms with Crippen LogP contribution in [0.1, 0.15) is 24.1 Å². The molecule has 0 aliphatic carbocycles. The van der Waals surface area contributed by atoms with Crippen molar-refractivity contribution in [3.05, 3.63) is 76.9 Å². The second-order valence-electron chi connectivity index (χ2n) is 7.53. The van der Waals surface area contributed by atoms with Crippen LogP contribution in [0.3, 0.4) is 0 Å². The molecule has 31 heavy (non-hydrogen) atoms. The Morgan fingerprint density at radius 3 is 2.58 bits per heavy atom. The molecule has 9 heteroatoms. The first-order valence-corrected chi connectivity index (χ1v) is 11.8. The zero-order valence-electron chi connectivity index (χ0n) is 17.0. The number of halogens is 1. The van der Waals surface area contributed by atoms with E-state index in [1.54, 1.807) is 10.7 Å². The molecule has 1 atom stereocenters. The number of nitrogens with one attached hydrogen (secondary N) is 1. The highest BCUT2D eigenvalue weighted by atomic mass is 35.5. The van der Waals surface area contributed by atoms with E-state index in [-0.39, 0.29) is 10.8 Å². The lowest BCUT2D eigenvalue weighted by Gasteiger charge is -2.23. The third-order valence-corrected chi connectivity index (χ3v) is 7.43. The van der Waals surface area contributed by atoms with Crippen molar-refractivity contribution >= 4 is 33.3 Å². The predicted octanol–water partition coefficient (Wildman–Crippen LogP) is 3.69. The number of nitrogens with zero attached hydrogens (tertiary/aromatic N) is 3. The molecule has 162 valence electrons. The number of amides is 1. The maximum Gasteiger partial charge on any atom is 0.243 e. The van der Waals surface area contributed by atoms with E-state index in [0.29, 0.717) is 36.8 Å². The molecule has 0 radical (unpaired) electrons. The summed E-state index contributed by atoms with van der Waals surface area (Å²) < 4.78 is 29.2. The highest BCUT2D eigenvalue weighted by Gasteiger charge is 2.39. The van der Waals surface area contributed by atoms with Gasteiger partial charge in [0, 0.05) is 17.6 Å². The Bertz CT molecular complexity index is 1180. The lowest BCUT2D eigenvalue weighted by atomic mass is 10.2. The molecule has 0 saturated carbocycles. The molecular formula is C22H23ClN4O3S. The maximum absolute atomic E-state index is 13.1. The smallest absolute Gasteiger partial charge is 0.243 e. The second-order valence-corrected chi connectivity index (χ2v) is 9.86. The Balaban J connectivity index is 1.54. The summed E-state index contributed by atoms with van der Waals surface area (Å²) in [6.07, 6.45) is 1.08. The van der Waals surface area contributed by atoms with Crippen LogP contribution in [0, 0.1) is 6.92 Å². The minimum Gasteiger partial charge on any atom is -0.309 e. The van der Waals surface area contributed by atoms with Gasteiger partial charge in [0.2, 0.25) is 15.9 Å². The number of carbonyl (C=O) groups is 1.